The van der Waals surface area contributed by atoms with E-state index < -0.39 is 0 Å². The van der Waals surface area contributed by atoms with Gasteiger partial charge in [-0.3, -0.25) is 0 Å². The number of hydrogen-bond acceptors (Lipinski definition) is 0. The van der Waals surface area contributed by atoms with Gasteiger partial charge in [-0.2, -0.15) is 0 Å². The molecule has 0 aliphatic carbocycles. The van der Waals surface area contributed by atoms with Crippen LogP contribution in [-0.4, -0.2) is 25.1 Å². The predicted octanol–water partition coefficient (Wildman–Crippen LogP) is 7.39. The van der Waals surface area contributed by atoms with Crippen LogP contribution in [0.2, 0.25) is 0 Å². The first-order chi connectivity index (χ1) is 16.6. The number of unbranched alkanes of at least 4 members (excludes halogenated alkanes) is 13. The van der Waals surface area contributed by atoms with Crippen molar-refractivity contribution in [2.24, 2.45) is 0 Å². The van der Waals surface area contributed by atoms with Crippen molar-refractivity contribution >= 4 is 26.2 Å². The Labute approximate surface area is 248 Å². The molecule has 208 valence electrons. The van der Waals surface area contributed by atoms with E-state index in [4.69, 9.17) is 0 Å². The van der Waals surface area contributed by atoms with E-state index in [2.05, 4.69) is 84.9 Å². The smallest absolute Gasteiger partial charge is 0.104 e. The zero-order chi connectivity index (χ0) is 24.7. The van der Waals surface area contributed by atoms with Gasteiger partial charge >= 0.3 is 0 Å². The Balaban J connectivity index is 0. The average Bonchev–Trinajstić information content (AvgIpc) is 2.85. The Hall–Kier alpha value is -0.210. The van der Waals surface area contributed by atoms with E-state index in [1.54, 1.807) is 0 Å². The maximum atomic E-state index is 2.69. The Bertz CT molecular complexity index is 679. The Morgan fingerprint density at radius 1 is 0.556 bits per heavy atom. The van der Waals surface area contributed by atoms with E-state index in [0.29, 0.717) is 0 Å². The minimum absolute atomic E-state index is 0. The second-order valence-corrected chi connectivity index (χ2v) is 11.0. The van der Waals surface area contributed by atoms with Crippen LogP contribution in [0.5, 0.6) is 0 Å². The van der Waals surface area contributed by atoms with E-state index in [1.165, 1.54) is 108 Å². The van der Waals surface area contributed by atoms with Crippen LogP contribution in [-0.2, 0) is 12.7 Å². The molecule has 4 heteroatoms. The van der Waals surface area contributed by atoms with E-state index in [1.807, 2.05) is 6.07 Å². The van der Waals surface area contributed by atoms with Crippen LogP contribution in [0.4, 0.5) is 0 Å². The molecule has 0 fully saturated rings. The molecule has 0 N–H and O–H groups in total. The maximum Gasteiger partial charge on any atom is 0.104 e. The highest BCUT2D eigenvalue weighted by molar-refractivity contribution is 8.93. The van der Waals surface area contributed by atoms with E-state index in [-0.39, 0.29) is 34.0 Å². The third-order valence-electron chi connectivity index (χ3n) is 6.65. The summed E-state index contributed by atoms with van der Waals surface area (Å²) in [6.07, 6.45) is 21.2. The molecule has 2 rings (SSSR count). The summed E-state index contributed by atoms with van der Waals surface area (Å²) < 4.78 is 1.11. The van der Waals surface area contributed by atoms with E-state index >= 15 is 0 Å². The monoisotopic (exact) mass is 643 g/mol. The molecule has 0 saturated carbocycles. The minimum Gasteiger partial charge on any atom is -1.00 e. The summed E-state index contributed by atoms with van der Waals surface area (Å²) in [5, 5.41) is 0. The molecular formula is C32H56Br2NP. The summed E-state index contributed by atoms with van der Waals surface area (Å²) in [4.78, 5) is 0. The first kappa shape index (κ1) is 37.9. The number of benzene rings is 2. The van der Waals surface area contributed by atoms with Gasteiger partial charge in [0, 0.05) is 5.56 Å². The SMILES string of the molecule is Br.CCCCCCCCCCCCCCCC[N+](C)(C)Cc1ccccc1.PCc1ccccc1.[Br-]. The first-order valence-electron chi connectivity index (χ1n) is 14.2. The highest BCUT2D eigenvalue weighted by Gasteiger charge is 2.14. The van der Waals surface area contributed by atoms with Gasteiger partial charge in [0.2, 0.25) is 0 Å². The molecule has 0 radical (unpaired) electrons. The highest BCUT2D eigenvalue weighted by Crippen LogP contribution is 2.15. The number of hydrogen-bond donors (Lipinski definition) is 0. The predicted molar refractivity (Wildman–Crippen MR) is 168 cm³/mol. The van der Waals surface area contributed by atoms with Crippen LogP contribution in [0.1, 0.15) is 108 Å². The topological polar surface area (TPSA) is 0 Å². The molecule has 1 nitrogen and oxygen atoms in total. The van der Waals surface area contributed by atoms with Gasteiger partial charge in [-0.25, -0.2) is 0 Å². The molecule has 0 bridgehead atoms. The van der Waals surface area contributed by atoms with Crippen molar-refractivity contribution in [1.29, 1.82) is 0 Å². The van der Waals surface area contributed by atoms with Gasteiger partial charge in [-0.1, -0.05) is 145 Å². The lowest BCUT2D eigenvalue weighted by atomic mass is 10.0. The van der Waals surface area contributed by atoms with Gasteiger partial charge in [0.1, 0.15) is 6.54 Å². The van der Waals surface area contributed by atoms with Crippen molar-refractivity contribution in [3.8, 4) is 0 Å². The molecule has 0 saturated heterocycles. The fourth-order valence-corrected chi connectivity index (χ4v) is 4.78. The molecular weight excluding hydrogens is 589 g/mol. The second kappa shape index (κ2) is 26.4. The van der Waals surface area contributed by atoms with Gasteiger partial charge < -0.3 is 21.5 Å². The number of quaternary nitrogens is 1. The first-order valence-corrected chi connectivity index (χ1v) is 15.0. The van der Waals surface area contributed by atoms with Crippen molar-refractivity contribution < 1.29 is 21.5 Å². The van der Waals surface area contributed by atoms with Crippen molar-refractivity contribution in [3.63, 3.8) is 0 Å². The van der Waals surface area contributed by atoms with Crippen molar-refractivity contribution in [1.82, 2.24) is 0 Å². The second-order valence-electron chi connectivity index (χ2n) is 10.6. The summed E-state index contributed by atoms with van der Waals surface area (Å²) in [5.41, 5.74) is 2.83. The molecule has 1 atom stereocenters. The molecule has 0 aromatic heterocycles. The van der Waals surface area contributed by atoms with E-state index in [9.17, 15) is 0 Å². The highest BCUT2D eigenvalue weighted by atomic mass is 79.9. The minimum atomic E-state index is 0. The van der Waals surface area contributed by atoms with Crippen LogP contribution in [0.25, 0.3) is 0 Å². The summed E-state index contributed by atoms with van der Waals surface area (Å²) in [7, 11) is 7.43. The Morgan fingerprint density at radius 3 is 1.28 bits per heavy atom. The summed E-state index contributed by atoms with van der Waals surface area (Å²) in [6, 6.07) is 21.3. The van der Waals surface area contributed by atoms with Gasteiger partial charge in [-0.05, 0) is 24.6 Å². The van der Waals surface area contributed by atoms with E-state index in [0.717, 1.165) is 17.2 Å². The molecule has 0 aliphatic rings. The number of halogens is 2. The molecule has 2 aromatic rings. The molecule has 1 unspecified atom stereocenters. The average molecular weight is 646 g/mol. The summed E-state index contributed by atoms with van der Waals surface area (Å²) in [6.45, 7) is 4.75. The molecule has 0 aliphatic heterocycles. The van der Waals surface area contributed by atoms with Crippen LogP contribution >= 0.6 is 26.2 Å². The third-order valence-corrected chi connectivity index (χ3v) is 7.12. The maximum absolute atomic E-state index is 2.69. The van der Waals surface area contributed by atoms with Crippen LogP contribution in [0.15, 0.2) is 60.7 Å². The quantitative estimate of drug-likeness (QED) is 0.0902. The molecule has 2 aromatic carbocycles. The van der Waals surface area contributed by atoms with Crippen molar-refractivity contribution in [2.45, 2.75) is 110 Å². The van der Waals surface area contributed by atoms with Gasteiger partial charge in [-0.15, -0.1) is 26.2 Å². The lowest BCUT2D eigenvalue weighted by Gasteiger charge is -2.30. The molecule has 36 heavy (non-hydrogen) atoms. The number of nitrogens with zero attached hydrogens (tertiary/aromatic N) is 1. The van der Waals surface area contributed by atoms with Crippen molar-refractivity contribution in [2.75, 3.05) is 20.6 Å². The molecule has 0 heterocycles. The lowest BCUT2D eigenvalue weighted by Crippen LogP contribution is -3.00. The normalized spacial score (nSPS) is 10.6. The van der Waals surface area contributed by atoms with Crippen LogP contribution in [0, 0.1) is 0 Å². The number of rotatable bonds is 18. The van der Waals surface area contributed by atoms with Gasteiger partial charge in [0.25, 0.3) is 0 Å². The van der Waals surface area contributed by atoms with Gasteiger partial charge in [0.15, 0.2) is 0 Å². The fraction of sp³-hybridized carbons (Fsp3) is 0.625. The zero-order valence-electron chi connectivity index (χ0n) is 23.6. The van der Waals surface area contributed by atoms with Crippen molar-refractivity contribution in [3.05, 3.63) is 71.8 Å². The Kier molecular flexibility index (Phi) is 27.8. The molecule has 0 amide bonds. The van der Waals surface area contributed by atoms with Gasteiger partial charge in [0.05, 0.1) is 20.6 Å². The molecule has 0 spiro atoms. The zero-order valence-corrected chi connectivity index (χ0v) is 28.1. The van der Waals surface area contributed by atoms with Crippen LogP contribution in [0.3, 0.4) is 0 Å². The standard InChI is InChI=1S/C25H46N.C7H9P.2BrH/c1-4-5-6-7-8-9-10-11-12-13-14-15-16-20-23-26(2,3)24-25-21-18-17-19-22-25;8-6-7-4-2-1-3-5-7;;/h17-19,21-22H,4-16,20,23-24H2,1-3H3;1-5H,6,8H2;2*1H/q+1;;;/p-1. The summed E-state index contributed by atoms with van der Waals surface area (Å²) >= 11 is 0. The van der Waals surface area contributed by atoms with Crippen LogP contribution < -0.4 is 17.0 Å². The Morgan fingerprint density at radius 2 is 0.917 bits per heavy atom. The summed E-state index contributed by atoms with van der Waals surface area (Å²) in [5.74, 6) is 0. The largest absolute Gasteiger partial charge is 1.00 e. The fourth-order valence-electron chi connectivity index (χ4n) is 4.51. The lowest BCUT2D eigenvalue weighted by molar-refractivity contribution is -0.903. The third kappa shape index (κ3) is 22.9.